The van der Waals surface area contributed by atoms with E-state index in [9.17, 15) is 9.67 Å². The molecular weight excluding hydrogens is 327 g/mol. The Morgan fingerprint density at radius 2 is 1.48 bits per heavy atom. The van der Waals surface area contributed by atoms with Crippen LogP contribution in [0.3, 0.4) is 0 Å². The first-order valence-electron chi connectivity index (χ1n) is 9.31. The topological polar surface area (TPSA) is 37.3 Å². The van der Waals surface area contributed by atoms with Gasteiger partial charge in [0.25, 0.3) is 0 Å². The van der Waals surface area contributed by atoms with E-state index >= 15 is 0 Å². The number of aliphatic hydroxyl groups excluding tert-OH is 1. The molecule has 0 saturated heterocycles. The van der Waals surface area contributed by atoms with E-state index in [2.05, 4.69) is 13.8 Å². The third-order valence-corrected chi connectivity index (χ3v) is 10.7. The van der Waals surface area contributed by atoms with Gasteiger partial charge in [0.15, 0.2) is 0 Å². The van der Waals surface area contributed by atoms with Crippen LogP contribution in [0.1, 0.15) is 26.7 Å². The zero-order chi connectivity index (χ0) is 17.7. The van der Waals surface area contributed by atoms with Crippen molar-refractivity contribution in [2.24, 2.45) is 23.2 Å². The Balaban J connectivity index is 1.84. The lowest BCUT2D eigenvalue weighted by Gasteiger charge is -2.63. The number of aliphatic hydroxyl groups is 1. The first kappa shape index (κ1) is 17.1. The van der Waals surface area contributed by atoms with Crippen LogP contribution in [0.2, 0.25) is 0 Å². The van der Waals surface area contributed by atoms with Crippen molar-refractivity contribution in [2.75, 3.05) is 6.61 Å². The lowest BCUT2D eigenvalue weighted by atomic mass is 9.45. The second-order valence-corrected chi connectivity index (χ2v) is 11.4. The lowest BCUT2D eigenvalue weighted by molar-refractivity contribution is -0.114. The Bertz CT molecular complexity index is 741. The smallest absolute Gasteiger partial charge is 0.146 e. The molecule has 5 rings (SSSR count). The van der Waals surface area contributed by atoms with Gasteiger partial charge in [0.05, 0.1) is 0 Å². The molecule has 25 heavy (non-hydrogen) atoms. The molecule has 3 fully saturated rings. The molecule has 2 unspecified atom stereocenters. The van der Waals surface area contributed by atoms with Gasteiger partial charge >= 0.3 is 0 Å². The van der Waals surface area contributed by atoms with E-state index in [0.717, 1.165) is 17.0 Å². The lowest BCUT2D eigenvalue weighted by Crippen LogP contribution is -2.59. The fourth-order valence-corrected chi connectivity index (χ4v) is 9.10. The van der Waals surface area contributed by atoms with Crippen molar-refractivity contribution in [3.05, 3.63) is 60.7 Å². The molecule has 3 aliphatic rings. The number of fused-ring (bicyclic) bond motifs is 2. The molecule has 4 atom stereocenters. The molecule has 0 amide bonds. The van der Waals surface area contributed by atoms with Gasteiger partial charge in [-0.05, 0) is 36.0 Å². The van der Waals surface area contributed by atoms with Crippen LogP contribution in [0, 0.1) is 23.2 Å². The maximum absolute atomic E-state index is 14.6. The Kier molecular flexibility index (Phi) is 4.17. The van der Waals surface area contributed by atoms with Crippen LogP contribution in [0.4, 0.5) is 0 Å². The van der Waals surface area contributed by atoms with E-state index in [0.29, 0.717) is 11.8 Å². The van der Waals surface area contributed by atoms with Crippen molar-refractivity contribution in [3.8, 4) is 0 Å². The molecule has 2 bridgehead atoms. The molecule has 0 radical (unpaired) electrons. The van der Waals surface area contributed by atoms with Crippen molar-refractivity contribution >= 4 is 17.8 Å². The second kappa shape index (κ2) is 6.11. The van der Waals surface area contributed by atoms with Gasteiger partial charge in [0, 0.05) is 22.9 Å². The highest BCUT2D eigenvalue weighted by atomic mass is 31.2. The van der Waals surface area contributed by atoms with Gasteiger partial charge < -0.3 is 9.67 Å². The summed E-state index contributed by atoms with van der Waals surface area (Å²) >= 11 is 0. The predicted molar refractivity (Wildman–Crippen MR) is 104 cm³/mol. The molecule has 3 aliphatic carbocycles. The average Bonchev–Trinajstić information content (AvgIpc) is 2.68. The summed E-state index contributed by atoms with van der Waals surface area (Å²) in [4.78, 5) is 0. The van der Waals surface area contributed by atoms with E-state index in [1.54, 1.807) is 0 Å². The monoisotopic (exact) mass is 354 g/mol. The molecule has 2 aromatic carbocycles. The maximum Gasteiger partial charge on any atom is 0.146 e. The van der Waals surface area contributed by atoms with Crippen LogP contribution in [0.15, 0.2) is 60.7 Å². The summed E-state index contributed by atoms with van der Waals surface area (Å²) in [6, 6.07) is 19.9. The summed E-state index contributed by atoms with van der Waals surface area (Å²) in [6.07, 6.45) is 2.13. The van der Waals surface area contributed by atoms with Crippen molar-refractivity contribution in [3.63, 3.8) is 0 Å². The number of rotatable bonds is 4. The Morgan fingerprint density at radius 3 is 1.92 bits per heavy atom. The molecule has 1 N–H and O–H groups in total. The minimum absolute atomic E-state index is 0.0408. The largest absolute Gasteiger partial charge is 0.396 e. The summed E-state index contributed by atoms with van der Waals surface area (Å²) in [6.45, 7) is 4.77. The molecule has 132 valence electrons. The third-order valence-electron chi connectivity index (χ3n) is 7.04. The fourth-order valence-electron chi connectivity index (χ4n) is 5.42. The SMILES string of the molecule is CC1(C)C2CC1[C@H](CO)[C@H](P(=O)(c1ccccc1)c1ccccc1)C2. The maximum atomic E-state index is 14.6. The molecule has 0 spiro atoms. The molecule has 0 aliphatic heterocycles. The zero-order valence-corrected chi connectivity index (χ0v) is 15.9. The number of benzene rings is 2. The first-order valence-corrected chi connectivity index (χ1v) is 11.1. The quantitative estimate of drug-likeness (QED) is 0.842. The number of hydrogen-bond acceptors (Lipinski definition) is 2. The molecule has 0 aromatic heterocycles. The summed E-state index contributed by atoms with van der Waals surface area (Å²) < 4.78 is 14.6. The van der Waals surface area contributed by atoms with Gasteiger partial charge in [-0.15, -0.1) is 0 Å². The fraction of sp³-hybridized carbons (Fsp3) is 0.455. The van der Waals surface area contributed by atoms with Gasteiger partial charge in [-0.2, -0.15) is 0 Å². The van der Waals surface area contributed by atoms with Gasteiger partial charge in [-0.25, -0.2) is 0 Å². The molecule has 2 aromatic rings. The molecule has 2 nitrogen and oxygen atoms in total. The van der Waals surface area contributed by atoms with Crippen molar-refractivity contribution in [1.82, 2.24) is 0 Å². The van der Waals surface area contributed by atoms with E-state index in [4.69, 9.17) is 0 Å². The minimum Gasteiger partial charge on any atom is -0.396 e. The predicted octanol–water partition coefficient (Wildman–Crippen LogP) is 4.04. The molecule has 0 heterocycles. The molecule has 3 heteroatoms. The summed E-state index contributed by atoms with van der Waals surface area (Å²) in [5, 5.41) is 12.1. The van der Waals surface area contributed by atoms with E-state index in [-0.39, 0.29) is 23.6 Å². The Labute approximate surface area is 150 Å². The van der Waals surface area contributed by atoms with Gasteiger partial charge in [0.1, 0.15) is 7.14 Å². The van der Waals surface area contributed by atoms with Crippen LogP contribution < -0.4 is 10.6 Å². The van der Waals surface area contributed by atoms with Crippen LogP contribution in [-0.4, -0.2) is 17.4 Å². The Morgan fingerprint density at radius 1 is 0.960 bits per heavy atom. The van der Waals surface area contributed by atoms with Gasteiger partial charge in [-0.3, -0.25) is 0 Å². The highest BCUT2D eigenvalue weighted by Gasteiger charge is 2.61. The highest BCUT2D eigenvalue weighted by Crippen LogP contribution is 2.68. The molecule has 3 saturated carbocycles. The Hall–Kier alpha value is -1.37. The average molecular weight is 354 g/mol. The first-order chi connectivity index (χ1) is 12.0. The van der Waals surface area contributed by atoms with Crippen molar-refractivity contribution < 1.29 is 9.67 Å². The van der Waals surface area contributed by atoms with Crippen LogP contribution >= 0.6 is 7.14 Å². The minimum atomic E-state index is -2.80. The van der Waals surface area contributed by atoms with Crippen LogP contribution in [-0.2, 0) is 4.57 Å². The second-order valence-electron chi connectivity index (χ2n) is 8.34. The number of hydrogen-bond donors (Lipinski definition) is 1. The normalized spacial score (nSPS) is 30.5. The molecular formula is C22H27O2P. The van der Waals surface area contributed by atoms with Crippen molar-refractivity contribution in [2.45, 2.75) is 32.3 Å². The zero-order valence-electron chi connectivity index (χ0n) is 15.0. The van der Waals surface area contributed by atoms with E-state index in [1.807, 2.05) is 60.7 Å². The summed E-state index contributed by atoms with van der Waals surface area (Å²) in [5.74, 6) is 1.21. The van der Waals surface area contributed by atoms with E-state index < -0.39 is 7.14 Å². The van der Waals surface area contributed by atoms with E-state index in [1.165, 1.54) is 6.42 Å². The van der Waals surface area contributed by atoms with Crippen molar-refractivity contribution in [1.29, 1.82) is 0 Å². The summed E-state index contributed by atoms with van der Waals surface area (Å²) in [5.41, 5.74) is 0.307. The summed E-state index contributed by atoms with van der Waals surface area (Å²) in [7, 11) is -2.80. The standard InChI is InChI=1S/C22H27O2P/c1-22(2)16-13-20(22)19(15-23)21(14-16)25(24,17-9-5-3-6-10-17)18-11-7-4-8-12-18/h3-12,16,19-21,23H,13-15H2,1-2H3/t16?,19-,20?,21+/m0/s1. The highest BCUT2D eigenvalue weighted by molar-refractivity contribution is 7.79. The third kappa shape index (κ3) is 2.46. The van der Waals surface area contributed by atoms with Gasteiger partial charge in [-0.1, -0.05) is 74.5 Å². The van der Waals surface area contributed by atoms with Crippen LogP contribution in [0.5, 0.6) is 0 Å². The van der Waals surface area contributed by atoms with Crippen LogP contribution in [0.25, 0.3) is 0 Å². The van der Waals surface area contributed by atoms with Gasteiger partial charge in [0.2, 0.25) is 0 Å².